The molecule has 8 nitrogen and oxygen atoms in total. The summed E-state index contributed by atoms with van der Waals surface area (Å²) in [5.74, 6) is -1.33. The summed E-state index contributed by atoms with van der Waals surface area (Å²) in [6.07, 6.45) is -5.39. The lowest BCUT2D eigenvalue weighted by Gasteiger charge is -2.35. The van der Waals surface area contributed by atoms with Gasteiger partial charge in [0.1, 0.15) is 12.1 Å². The van der Waals surface area contributed by atoms with Gasteiger partial charge in [0.05, 0.1) is 16.5 Å². The molecular weight excluding hydrogens is 557 g/mol. The highest BCUT2D eigenvalue weighted by atomic mass is 32.1. The van der Waals surface area contributed by atoms with Gasteiger partial charge in [-0.25, -0.2) is 4.98 Å². The number of aliphatic hydroxyl groups is 1. The fourth-order valence-corrected chi connectivity index (χ4v) is 6.31. The van der Waals surface area contributed by atoms with Gasteiger partial charge in [-0.15, -0.1) is 11.3 Å². The predicted molar refractivity (Wildman–Crippen MR) is 145 cm³/mol. The normalized spacial score (nSPS) is 19.5. The third kappa shape index (κ3) is 5.71. The molecule has 0 radical (unpaired) electrons. The van der Waals surface area contributed by atoms with Gasteiger partial charge in [0, 0.05) is 31.6 Å². The second kappa shape index (κ2) is 11.2. The average Bonchev–Trinajstić information content (AvgIpc) is 3.65. The van der Waals surface area contributed by atoms with Gasteiger partial charge in [0.25, 0.3) is 5.91 Å². The summed E-state index contributed by atoms with van der Waals surface area (Å²) in [4.78, 5) is 46.5. The first-order valence-electron chi connectivity index (χ1n) is 13.2. The first-order chi connectivity index (χ1) is 19.5. The van der Waals surface area contributed by atoms with Crippen LogP contribution in [0.15, 0.2) is 54.0 Å². The Morgan fingerprint density at radius 2 is 1.85 bits per heavy atom. The zero-order chi connectivity index (χ0) is 29.5. The largest absolute Gasteiger partial charge is 0.434 e. The van der Waals surface area contributed by atoms with Gasteiger partial charge < -0.3 is 20.2 Å². The van der Waals surface area contributed by atoms with E-state index in [1.807, 2.05) is 26.0 Å². The zero-order valence-corrected chi connectivity index (χ0v) is 23.2. The number of β-amino-alcohol motifs (C(OH)–C–C–N with tert-alkyl or cyclic N) is 1. The van der Waals surface area contributed by atoms with Crippen LogP contribution >= 0.6 is 11.3 Å². The molecule has 0 aliphatic carbocycles. The van der Waals surface area contributed by atoms with Crippen molar-refractivity contribution in [2.75, 3.05) is 6.54 Å². The van der Waals surface area contributed by atoms with Crippen LogP contribution in [0, 0.1) is 5.92 Å². The molecule has 2 aromatic carbocycles. The Kier molecular flexibility index (Phi) is 7.89. The van der Waals surface area contributed by atoms with Gasteiger partial charge in [0.2, 0.25) is 11.8 Å². The van der Waals surface area contributed by atoms with Crippen molar-refractivity contribution in [2.45, 2.75) is 57.7 Å². The number of amides is 3. The minimum atomic E-state index is -4.56. The van der Waals surface area contributed by atoms with Crippen LogP contribution in [0.3, 0.4) is 0 Å². The third-order valence-electron chi connectivity index (χ3n) is 7.45. The molecular formula is C29H29F3N4O4S. The average molecular weight is 587 g/mol. The van der Waals surface area contributed by atoms with Gasteiger partial charge in [-0.3, -0.25) is 14.4 Å². The maximum atomic E-state index is 13.8. The molecule has 216 valence electrons. The van der Waals surface area contributed by atoms with Crippen molar-refractivity contribution >= 4 is 29.1 Å². The number of nitrogens with one attached hydrogen (secondary N) is 1. The Morgan fingerprint density at radius 3 is 2.51 bits per heavy atom. The number of rotatable bonds is 7. The van der Waals surface area contributed by atoms with Crippen molar-refractivity contribution in [2.24, 2.45) is 5.92 Å². The molecule has 3 heterocycles. The van der Waals surface area contributed by atoms with E-state index in [9.17, 15) is 32.7 Å². The summed E-state index contributed by atoms with van der Waals surface area (Å²) < 4.78 is 39.6. The molecule has 1 fully saturated rings. The van der Waals surface area contributed by atoms with Crippen LogP contribution in [0.2, 0.25) is 0 Å². The van der Waals surface area contributed by atoms with Crippen LogP contribution in [0.5, 0.6) is 0 Å². The molecule has 0 bridgehead atoms. The predicted octanol–water partition coefficient (Wildman–Crippen LogP) is 4.09. The standard InChI is InChI=1S/C29H29F3N4O4S/c1-16(2)23(36-13-19-5-3-4-6-21(19)27(36)39)28(40)35-14-20(37)11-22(35)26(38)33-12-17-7-9-18(10-8-17)24-25(29(30,31)32)34-15-41-24/h3-10,15-16,20,22-23,37H,11-14H2,1-2H3,(H,33,38)/t20-,22+,23?/m1/s1. The van der Waals surface area contributed by atoms with Gasteiger partial charge in [0.15, 0.2) is 5.69 Å². The Hall–Kier alpha value is -3.77. The molecule has 12 heteroatoms. The lowest BCUT2D eigenvalue weighted by Crippen LogP contribution is -2.55. The molecule has 3 aromatic rings. The fourth-order valence-electron chi connectivity index (χ4n) is 5.49. The molecule has 3 atom stereocenters. The van der Waals surface area contributed by atoms with Crippen molar-refractivity contribution in [3.8, 4) is 10.4 Å². The van der Waals surface area contributed by atoms with E-state index in [0.717, 1.165) is 22.4 Å². The molecule has 3 amide bonds. The van der Waals surface area contributed by atoms with Crippen molar-refractivity contribution < 1.29 is 32.7 Å². The van der Waals surface area contributed by atoms with Crippen LogP contribution in [0.25, 0.3) is 10.4 Å². The first kappa shape index (κ1) is 28.7. The Bertz CT molecular complexity index is 1460. The summed E-state index contributed by atoms with van der Waals surface area (Å²) in [6.45, 7) is 4.02. The Morgan fingerprint density at radius 1 is 1.15 bits per heavy atom. The highest BCUT2D eigenvalue weighted by Gasteiger charge is 2.45. The number of likely N-dealkylation sites (tertiary alicyclic amines) is 1. The summed E-state index contributed by atoms with van der Waals surface area (Å²) in [7, 11) is 0. The second-order valence-corrected chi connectivity index (χ2v) is 11.5. The first-order valence-corrected chi connectivity index (χ1v) is 14.1. The number of carbonyl (C=O) groups is 3. The van der Waals surface area contributed by atoms with Gasteiger partial charge in [-0.2, -0.15) is 13.2 Å². The van der Waals surface area contributed by atoms with Crippen molar-refractivity contribution in [1.82, 2.24) is 20.1 Å². The molecule has 2 aliphatic heterocycles. The van der Waals surface area contributed by atoms with Crippen molar-refractivity contribution in [3.05, 3.63) is 76.4 Å². The third-order valence-corrected chi connectivity index (χ3v) is 8.33. The molecule has 1 aromatic heterocycles. The number of benzene rings is 2. The molecule has 1 unspecified atom stereocenters. The number of hydrogen-bond donors (Lipinski definition) is 2. The quantitative estimate of drug-likeness (QED) is 0.434. The zero-order valence-electron chi connectivity index (χ0n) is 22.4. The second-order valence-electron chi connectivity index (χ2n) is 10.6. The highest BCUT2D eigenvalue weighted by Crippen LogP contribution is 2.38. The number of aliphatic hydroxyl groups excluding tert-OH is 1. The molecule has 0 spiro atoms. The minimum Gasteiger partial charge on any atom is -0.391 e. The topological polar surface area (TPSA) is 103 Å². The fraction of sp³-hybridized carbons (Fsp3) is 0.379. The number of aromatic nitrogens is 1. The van der Waals surface area contributed by atoms with E-state index in [-0.39, 0.29) is 36.2 Å². The number of nitrogens with zero attached hydrogens (tertiary/aromatic N) is 3. The highest BCUT2D eigenvalue weighted by molar-refractivity contribution is 7.13. The summed E-state index contributed by atoms with van der Waals surface area (Å²) >= 11 is 0.897. The summed E-state index contributed by atoms with van der Waals surface area (Å²) in [5.41, 5.74) is 2.62. The van der Waals surface area contributed by atoms with Crippen LogP contribution in [-0.2, 0) is 28.9 Å². The monoisotopic (exact) mass is 586 g/mol. The Balaban J connectivity index is 1.26. The number of halogens is 3. The molecule has 41 heavy (non-hydrogen) atoms. The van der Waals surface area contributed by atoms with Gasteiger partial charge in [-0.05, 0) is 28.7 Å². The summed E-state index contributed by atoms with van der Waals surface area (Å²) in [6, 6.07) is 11.8. The van der Waals surface area contributed by atoms with Crippen LogP contribution < -0.4 is 5.32 Å². The van der Waals surface area contributed by atoms with Crippen LogP contribution in [-0.4, -0.2) is 62.3 Å². The molecule has 1 saturated heterocycles. The lowest BCUT2D eigenvalue weighted by atomic mass is 10.0. The Labute approximate surface area is 238 Å². The van der Waals surface area contributed by atoms with Gasteiger partial charge >= 0.3 is 6.18 Å². The van der Waals surface area contributed by atoms with E-state index in [0.29, 0.717) is 23.2 Å². The van der Waals surface area contributed by atoms with Crippen molar-refractivity contribution in [1.29, 1.82) is 0 Å². The number of alkyl halides is 3. The van der Waals surface area contributed by atoms with E-state index in [1.165, 1.54) is 21.9 Å². The van der Waals surface area contributed by atoms with E-state index in [2.05, 4.69) is 10.3 Å². The van der Waals surface area contributed by atoms with Crippen LogP contribution in [0.1, 0.15) is 47.4 Å². The summed E-state index contributed by atoms with van der Waals surface area (Å²) in [5, 5.41) is 13.2. The number of thiazole rings is 1. The van der Waals surface area contributed by atoms with E-state index in [1.54, 1.807) is 24.3 Å². The van der Waals surface area contributed by atoms with E-state index in [4.69, 9.17) is 0 Å². The van der Waals surface area contributed by atoms with E-state index >= 15 is 0 Å². The molecule has 2 N–H and O–H groups in total. The van der Waals surface area contributed by atoms with Crippen LogP contribution in [0.4, 0.5) is 13.2 Å². The number of fused-ring (bicyclic) bond motifs is 1. The molecule has 2 aliphatic rings. The molecule has 5 rings (SSSR count). The lowest BCUT2D eigenvalue weighted by molar-refractivity contribution is -0.143. The van der Waals surface area contributed by atoms with Gasteiger partial charge in [-0.1, -0.05) is 56.3 Å². The van der Waals surface area contributed by atoms with E-state index < -0.39 is 41.9 Å². The molecule has 0 saturated carbocycles. The number of carbonyl (C=O) groups excluding carboxylic acids is 3. The minimum absolute atomic E-state index is 0.0152. The maximum Gasteiger partial charge on any atom is 0.434 e. The van der Waals surface area contributed by atoms with Crippen molar-refractivity contribution in [3.63, 3.8) is 0 Å². The maximum absolute atomic E-state index is 13.8. The smallest absolute Gasteiger partial charge is 0.391 e. The SMILES string of the molecule is CC(C)C(C(=O)N1C[C@H](O)C[C@H]1C(=O)NCc1ccc(-c2scnc2C(F)(F)F)cc1)N1Cc2ccccc2C1=O. The number of hydrogen-bond acceptors (Lipinski definition) is 6.